The molecule has 0 bridgehead atoms. The van der Waals surface area contributed by atoms with E-state index in [-0.39, 0.29) is 17.3 Å². The van der Waals surface area contributed by atoms with E-state index in [1.165, 1.54) is 10.9 Å². The molecule has 0 spiro atoms. The van der Waals surface area contributed by atoms with Crippen molar-refractivity contribution in [3.63, 3.8) is 0 Å². The first kappa shape index (κ1) is 19.7. The first-order chi connectivity index (χ1) is 15.1. The molecular weight excluding hydrogens is 396 g/mol. The van der Waals surface area contributed by atoms with Crippen molar-refractivity contribution in [3.8, 4) is 17.1 Å². The molecule has 0 radical (unpaired) electrons. The fourth-order valence-electron chi connectivity index (χ4n) is 2.80. The number of carbonyl (C=O) groups excluding carboxylic acids is 1. The highest BCUT2D eigenvalue weighted by Crippen LogP contribution is 2.26. The number of anilines is 1. The maximum absolute atomic E-state index is 12.8. The van der Waals surface area contributed by atoms with E-state index in [0.717, 1.165) is 11.1 Å². The highest BCUT2D eigenvalue weighted by molar-refractivity contribution is 5.98. The number of amides is 1. The molecule has 0 aliphatic rings. The van der Waals surface area contributed by atoms with Crippen LogP contribution in [0.1, 0.15) is 21.6 Å². The molecule has 10 nitrogen and oxygen atoms in total. The van der Waals surface area contributed by atoms with Gasteiger partial charge in [0, 0.05) is 11.8 Å². The predicted octanol–water partition coefficient (Wildman–Crippen LogP) is 2.64. The van der Waals surface area contributed by atoms with Crippen LogP contribution in [0.5, 0.6) is 0 Å². The van der Waals surface area contributed by atoms with Gasteiger partial charge in [-0.2, -0.15) is 9.78 Å². The number of nitrogens with one attached hydrogen (secondary N) is 1. The first-order valence-electron chi connectivity index (χ1n) is 9.30. The summed E-state index contributed by atoms with van der Waals surface area (Å²) in [6.07, 6.45) is 5.06. The number of benzene rings is 2. The zero-order valence-electron chi connectivity index (χ0n) is 16.5. The Morgan fingerprint density at radius 2 is 1.90 bits per heavy atom. The van der Waals surface area contributed by atoms with Gasteiger partial charge in [0.25, 0.3) is 5.91 Å². The van der Waals surface area contributed by atoms with E-state index in [0.29, 0.717) is 11.3 Å². The molecule has 4 rings (SSSR count). The molecule has 2 heterocycles. The van der Waals surface area contributed by atoms with Crippen molar-refractivity contribution >= 4 is 24.0 Å². The fourth-order valence-corrected chi connectivity index (χ4v) is 2.80. The smallest absolute Gasteiger partial charge is 0.294 e. The summed E-state index contributed by atoms with van der Waals surface area (Å²) in [5.41, 5.74) is 11.5. The quantitative estimate of drug-likeness (QED) is 0.365. The second-order valence-electron chi connectivity index (χ2n) is 6.53. The van der Waals surface area contributed by atoms with Gasteiger partial charge >= 0.3 is 0 Å². The van der Waals surface area contributed by atoms with Crippen LogP contribution in [0.3, 0.4) is 0 Å². The van der Waals surface area contributed by atoms with Crippen molar-refractivity contribution in [2.45, 2.75) is 6.92 Å². The molecule has 0 aliphatic heterocycles. The lowest BCUT2D eigenvalue weighted by Crippen LogP contribution is -2.19. The average molecular weight is 414 g/mol. The van der Waals surface area contributed by atoms with Crippen LogP contribution in [0.15, 0.2) is 70.4 Å². The van der Waals surface area contributed by atoms with E-state index in [1.807, 2.05) is 67.6 Å². The number of allylic oxidation sites excluding steroid dienone is 1. The predicted molar refractivity (Wildman–Crippen MR) is 115 cm³/mol. The number of nitrogens with two attached hydrogens (primary N) is 1. The monoisotopic (exact) mass is 414 g/mol. The van der Waals surface area contributed by atoms with E-state index in [2.05, 4.69) is 35.8 Å². The first-order valence-corrected chi connectivity index (χ1v) is 9.30. The summed E-state index contributed by atoms with van der Waals surface area (Å²) < 4.78 is 5.97. The van der Waals surface area contributed by atoms with Crippen LogP contribution in [0.4, 0.5) is 5.82 Å². The molecule has 0 saturated carbocycles. The summed E-state index contributed by atoms with van der Waals surface area (Å²) in [5, 5.41) is 19.3. The van der Waals surface area contributed by atoms with Crippen LogP contribution < -0.4 is 11.2 Å². The Morgan fingerprint density at radius 3 is 2.61 bits per heavy atom. The summed E-state index contributed by atoms with van der Waals surface area (Å²) in [4.78, 5) is 12.8. The molecule has 0 fully saturated rings. The lowest BCUT2D eigenvalue weighted by molar-refractivity contribution is 0.0950. The lowest BCUT2D eigenvalue weighted by Gasteiger charge is -2.06. The Kier molecular flexibility index (Phi) is 5.61. The van der Waals surface area contributed by atoms with Crippen molar-refractivity contribution in [1.82, 2.24) is 30.7 Å². The minimum Gasteiger partial charge on any atom is -0.378 e. The molecule has 10 heteroatoms. The lowest BCUT2D eigenvalue weighted by atomic mass is 10.1. The topological polar surface area (TPSA) is 137 Å². The van der Waals surface area contributed by atoms with Gasteiger partial charge in [-0.15, -0.1) is 5.10 Å². The van der Waals surface area contributed by atoms with Gasteiger partial charge in [-0.3, -0.25) is 4.79 Å². The summed E-state index contributed by atoms with van der Waals surface area (Å²) in [7, 11) is 0. The van der Waals surface area contributed by atoms with Crippen LogP contribution in [-0.2, 0) is 0 Å². The van der Waals surface area contributed by atoms with Crippen molar-refractivity contribution in [2.24, 2.45) is 5.10 Å². The van der Waals surface area contributed by atoms with Crippen LogP contribution in [0.25, 0.3) is 23.2 Å². The van der Waals surface area contributed by atoms with Crippen molar-refractivity contribution in [3.05, 3.63) is 77.5 Å². The Balaban J connectivity index is 1.60. The van der Waals surface area contributed by atoms with Gasteiger partial charge in [0.2, 0.25) is 11.6 Å². The molecule has 154 valence electrons. The van der Waals surface area contributed by atoms with Gasteiger partial charge in [-0.1, -0.05) is 71.5 Å². The van der Waals surface area contributed by atoms with E-state index in [1.54, 1.807) is 6.08 Å². The van der Waals surface area contributed by atoms with Crippen LogP contribution in [-0.4, -0.2) is 37.4 Å². The van der Waals surface area contributed by atoms with E-state index in [4.69, 9.17) is 5.73 Å². The molecule has 0 saturated heterocycles. The van der Waals surface area contributed by atoms with Gasteiger partial charge in [0.15, 0.2) is 5.69 Å². The molecule has 0 unspecified atom stereocenters. The number of rotatable bonds is 6. The number of nitrogens with zero attached hydrogens (tertiary/aromatic N) is 6. The van der Waals surface area contributed by atoms with E-state index >= 15 is 0 Å². The average Bonchev–Trinajstić information content (AvgIpc) is 3.40. The van der Waals surface area contributed by atoms with Gasteiger partial charge in [-0.05, 0) is 28.9 Å². The normalized spacial score (nSPS) is 11.4. The second-order valence-corrected chi connectivity index (χ2v) is 6.53. The summed E-state index contributed by atoms with van der Waals surface area (Å²) >= 11 is 0. The molecule has 2 aromatic heterocycles. The zero-order chi connectivity index (χ0) is 21.6. The van der Waals surface area contributed by atoms with Crippen LogP contribution in [0.2, 0.25) is 0 Å². The minimum absolute atomic E-state index is 0.0225. The summed E-state index contributed by atoms with van der Waals surface area (Å²) in [5.74, 6) is -0.382. The third kappa shape index (κ3) is 4.37. The Labute approximate surface area is 177 Å². The zero-order valence-corrected chi connectivity index (χ0v) is 16.5. The van der Waals surface area contributed by atoms with Gasteiger partial charge in [-0.25, -0.2) is 10.1 Å². The number of aromatic nitrogens is 5. The van der Waals surface area contributed by atoms with Gasteiger partial charge in [0.1, 0.15) is 5.69 Å². The number of aryl methyl sites for hydroxylation is 1. The third-order valence-electron chi connectivity index (χ3n) is 4.32. The molecule has 0 atom stereocenters. The Bertz CT molecular complexity index is 1240. The fraction of sp³-hybridized carbons (Fsp3) is 0.0476. The van der Waals surface area contributed by atoms with E-state index < -0.39 is 5.91 Å². The standard InChI is InChI=1S/C21H18N8O2/c1-14-9-11-16(12-10-14)18-17(24-28-29(18)20-19(22)26-31-27-20)21(30)25-23-13-5-8-15-6-3-2-4-7-15/h2-13H,1H3,(H2,22,26)(H,25,30)/b8-5+,23-13-. The highest BCUT2D eigenvalue weighted by atomic mass is 16.6. The maximum atomic E-state index is 12.8. The minimum atomic E-state index is -0.541. The third-order valence-corrected chi connectivity index (χ3v) is 4.32. The molecule has 0 aliphatic carbocycles. The SMILES string of the molecule is Cc1ccc(-c2c(C(=O)N/N=C\C=C\c3ccccc3)nnn2-c2nonc2N)cc1. The molecule has 3 N–H and O–H groups in total. The van der Waals surface area contributed by atoms with E-state index in [9.17, 15) is 4.79 Å². The van der Waals surface area contributed by atoms with Crippen molar-refractivity contribution in [1.29, 1.82) is 0 Å². The number of nitrogen functional groups attached to an aromatic ring is 1. The molecular formula is C21H18N8O2. The van der Waals surface area contributed by atoms with Crippen molar-refractivity contribution in [2.75, 3.05) is 5.73 Å². The molecule has 1 amide bonds. The summed E-state index contributed by atoms with van der Waals surface area (Å²) in [6.45, 7) is 1.96. The maximum Gasteiger partial charge on any atom is 0.294 e. The Morgan fingerprint density at radius 1 is 1.13 bits per heavy atom. The van der Waals surface area contributed by atoms with Gasteiger partial charge < -0.3 is 5.73 Å². The number of carbonyl (C=O) groups is 1. The van der Waals surface area contributed by atoms with Crippen LogP contribution in [0, 0.1) is 6.92 Å². The van der Waals surface area contributed by atoms with Crippen LogP contribution >= 0.6 is 0 Å². The highest BCUT2D eigenvalue weighted by Gasteiger charge is 2.25. The Hall–Kier alpha value is -4.60. The largest absolute Gasteiger partial charge is 0.378 e. The second kappa shape index (κ2) is 8.82. The number of hydrogen-bond donors (Lipinski definition) is 2. The molecule has 2 aromatic carbocycles. The number of hydrogen-bond acceptors (Lipinski definition) is 8. The molecule has 4 aromatic rings. The van der Waals surface area contributed by atoms with Crippen molar-refractivity contribution < 1.29 is 9.42 Å². The summed E-state index contributed by atoms with van der Waals surface area (Å²) in [6, 6.07) is 17.2. The molecule has 31 heavy (non-hydrogen) atoms. The van der Waals surface area contributed by atoms with Gasteiger partial charge in [0.05, 0.1) is 0 Å². The number of hydrazone groups is 1.